The molecule has 0 atom stereocenters. The maximum Gasteiger partial charge on any atom is 0.214 e. The van der Waals surface area contributed by atoms with E-state index in [2.05, 4.69) is 10.9 Å². The number of aromatic nitrogens is 1. The lowest BCUT2D eigenvalue weighted by Crippen LogP contribution is -1.91. The van der Waals surface area contributed by atoms with Gasteiger partial charge in [0.2, 0.25) is 5.95 Å². The van der Waals surface area contributed by atoms with Crippen molar-refractivity contribution in [2.24, 2.45) is 0 Å². The van der Waals surface area contributed by atoms with Crippen LogP contribution in [-0.4, -0.2) is 12.1 Å². The molecule has 0 saturated heterocycles. The first-order valence-electron chi connectivity index (χ1n) is 2.94. The highest BCUT2D eigenvalue weighted by atomic mass is 19.1. The lowest BCUT2D eigenvalue weighted by Gasteiger charge is -2.00. The van der Waals surface area contributed by atoms with Crippen LogP contribution < -0.4 is 4.74 Å². The molecule has 2 nitrogen and oxygen atoms in total. The molecule has 0 aliphatic rings. The predicted molar refractivity (Wildman–Crippen MR) is 38.7 cm³/mol. The summed E-state index contributed by atoms with van der Waals surface area (Å²) in [7, 11) is 1.45. The zero-order valence-corrected chi connectivity index (χ0v) is 5.97. The first-order chi connectivity index (χ1) is 5.27. The van der Waals surface area contributed by atoms with Gasteiger partial charge in [0.25, 0.3) is 0 Å². The molecule has 0 spiro atoms. The molecule has 0 fully saturated rings. The number of hydrogen-bond acceptors (Lipinski definition) is 2. The summed E-state index contributed by atoms with van der Waals surface area (Å²) in [5.41, 5.74) is 0.375. The Balaban J connectivity index is 3.19. The number of methoxy groups -OCH3 is 1. The van der Waals surface area contributed by atoms with Crippen molar-refractivity contribution in [1.29, 1.82) is 0 Å². The summed E-state index contributed by atoms with van der Waals surface area (Å²) in [4.78, 5) is 3.37. The highest BCUT2D eigenvalue weighted by Crippen LogP contribution is 2.15. The largest absolute Gasteiger partial charge is 0.494 e. The molecule has 0 saturated carbocycles. The minimum Gasteiger partial charge on any atom is -0.494 e. The molecule has 3 heteroatoms. The Morgan fingerprint density at radius 2 is 2.45 bits per heavy atom. The summed E-state index contributed by atoms with van der Waals surface area (Å²) in [5.74, 6) is 2.09. The zero-order valence-electron chi connectivity index (χ0n) is 5.97. The van der Waals surface area contributed by atoms with E-state index >= 15 is 0 Å². The van der Waals surface area contributed by atoms with Crippen LogP contribution in [0.3, 0.4) is 0 Å². The van der Waals surface area contributed by atoms with E-state index < -0.39 is 5.95 Å². The van der Waals surface area contributed by atoms with Crippen molar-refractivity contribution >= 4 is 0 Å². The van der Waals surface area contributed by atoms with E-state index in [4.69, 9.17) is 11.2 Å². The predicted octanol–water partition coefficient (Wildman–Crippen LogP) is 1.21. The molecule has 56 valence electrons. The minimum atomic E-state index is -0.598. The number of rotatable bonds is 1. The second-order valence-electron chi connectivity index (χ2n) is 1.85. The fraction of sp³-hybridized carbons (Fsp3) is 0.125. The van der Waals surface area contributed by atoms with Crippen LogP contribution in [0.25, 0.3) is 0 Å². The fourth-order valence-electron chi connectivity index (χ4n) is 0.693. The quantitative estimate of drug-likeness (QED) is 0.444. The molecule has 0 unspecified atom stereocenters. The lowest BCUT2D eigenvalue weighted by atomic mass is 10.2. The van der Waals surface area contributed by atoms with Crippen LogP contribution in [0, 0.1) is 18.3 Å². The van der Waals surface area contributed by atoms with E-state index in [1.54, 1.807) is 0 Å². The Hall–Kier alpha value is -1.56. The minimum absolute atomic E-state index is 0.375. The average Bonchev–Trinajstić information content (AvgIpc) is 2.04. The standard InChI is InChI=1S/C8H6FNO/c1-3-6-4-8(9)10-5-7(6)11-2/h1,4-5H,2H3. The van der Waals surface area contributed by atoms with Gasteiger partial charge in [-0.3, -0.25) is 0 Å². The smallest absolute Gasteiger partial charge is 0.214 e. The van der Waals surface area contributed by atoms with Gasteiger partial charge in [0, 0.05) is 6.07 Å². The monoisotopic (exact) mass is 151 g/mol. The van der Waals surface area contributed by atoms with Crippen molar-refractivity contribution in [3.05, 3.63) is 23.8 Å². The maximum absolute atomic E-state index is 12.4. The van der Waals surface area contributed by atoms with Crippen LogP contribution >= 0.6 is 0 Å². The van der Waals surface area contributed by atoms with Crippen molar-refractivity contribution in [3.63, 3.8) is 0 Å². The average molecular weight is 151 g/mol. The first-order valence-corrected chi connectivity index (χ1v) is 2.94. The van der Waals surface area contributed by atoms with Crippen LogP contribution in [0.4, 0.5) is 4.39 Å². The maximum atomic E-state index is 12.4. The number of terminal acetylenes is 1. The van der Waals surface area contributed by atoms with Gasteiger partial charge in [-0.25, -0.2) is 4.98 Å². The molecule has 0 aromatic carbocycles. The van der Waals surface area contributed by atoms with Crippen LogP contribution in [0.2, 0.25) is 0 Å². The van der Waals surface area contributed by atoms with Crippen LogP contribution in [0.1, 0.15) is 5.56 Å². The van der Waals surface area contributed by atoms with Crippen molar-refractivity contribution in [2.75, 3.05) is 7.11 Å². The molecule has 0 radical (unpaired) electrons. The molecular weight excluding hydrogens is 145 g/mol. The van der Waals surface area contributed by atoms with Gasteiger partial charge in [-0.2, -0.15) is 4.39 Å². The van der Waals surface area contributed by atoms with Crippen molar-refractivity contribution < 1.29 is 9.13 Å². The van der Waals surface area contributed by atoms with Gasteiger partial charge in [-0.1, -0.05) is 5.92 Å². The second kappa shape index (κ2) is 3.02. The second-order valence-corrected chi connectivity index (χ2v) is 1.85. The SMILES string of the molecule is C#Cc1cc(F)ncc1OC. The molecule has 1 aromatic heterocycles. The summed E-state index contributed by atoms with van der Waals surface area (Å²) in [6.45, 7) is 0. The van der Waals surface area contributed by atoms with E-state index in [0.717, 1.165) is 6.07 Å². The van der Waals surface area contributed by atoms with E-state index in [-0.39, 0.29) is 0 Å². The molecule has 11 heavy (non-hydrogen) atoms. The third-order valence-electron chi connectivity index (χ3n) is 1.21. The summed E-state index contributed by atoms with van der Waals surface area (Å²) < 4.78 is 17.2. The third kappa shape index (κ3) is 1.47. The van der Waals surface area contributed by atoms with Crippen LogP contribution in [0.5, 0.6) is 5.75 Å². The number of nitrogens with zero attached hydrogens (tertiary/aromatic N) is 1. The zero-order chi connectivity index (χ0) is 8.27. The molecule has 0 bridgehead atoms. The summed E-state index contributed by atoms with van der Waals surface area (Å²) in [6, 6.07) is 1.15. The van der Waals surface area contributed by atoms with Gasteiger partial charge in [0.1, 0.15) is 0 Å². The van der Waals surface area contributed by atoms with E-state index in [1.165, 1.54) is 13.3 Å². The summed E-state index contributed by atoms with van der Waals surface area (Å²) in [6.07, 6.45) is 6.33. The third-order valence-corrected chi connectivity index (χ3v) is 1.21. The fourth-order valence-corrected chi connectivity index (χ4v) is 0.693. The van der Waals surface area contributed by atoms with Gasteiger partial charge in [-0.15, -0.1) is 6.42 Å². The van der Waals surface area contributed by atoms with Gasteiger partial charge < -0.3 is 4.74 Å². The van der Waals surface area contributed by atoms with Crippen LogP contribution in [0.15, 0.2) is 12.3 Å². The molecule has 0 aliphatic heterocycles. The van der Waals surface area contributed by atoms with Gasteiger partial charge in [-0.05, 0) is 0 Å². The van der Waals surface area contributed by atoms with Gasteiger partial charge in [0.05, 0.1) is 18.9 Å². The van der Waals surface area contributed by atoms with E-state index in [1.807, 2.05) is 0 Å². The molecule has 0 aliphatic carbocycles. The summed E-state index contributed by atoms with van der Waals surface area (Å²) in [5, 5.41) is 0. The van der Waals surface area contributed by atoms with E-state index in [0.29, 0.717) is 11.3 Å². The Kier molecular flexibility index (Phi) is 2.07. The van der Waals surface area contributed by atoms with E-state index in [9.17, 15) is 4.39 Å². The Morgan fingerprint density at radius 1 is 1.73 bits per heavy atom. The van der Waals surface area contributed by atoms with Gasteiger partial charge in [0.15, 0.2) is 5.75 Å². The van der Waals surface area contributed by atoms with Gasteiger partial charge >= 0.3 is 0 Å². The molecule has 0 amide bonds. The Labute approximate surface area is 64.0 Å². The summed E-state index contributed by atoms with van der Waals surface area (Å²) >= 11 is 0. The van der Waals surface area contributed by atoms with Crippen molar-refractivity contribution in [1.82, 2.24) is 4.98 Å². The lowest BCUT2D eigenvalue weighted by molar-refractivity contribution is 0.409. The first kappa shape index (κ1) is 7.55. The number of ether oxygens (including phenoxy) is 1. The topological polar surface area (TPSA) is 22.1 Å². The number of halogens is 1. The molecule has 1 aromatic rings. The number of hydrogen-bond donors (Lipinski definition) is 0. The van der Waals surface area contributed by atoms with Crippen molar-refractivity contribution in [3.8, 4) is 18.1 Å². The van der Waals surface area contributed by atoms with Crippen LogP contribution in [-0.2, 0) is 0 Å². The molecule has 1 rings (SSSR count). The normalized spacial score (nSPS) is 8.82. The molecule has 1 heterocycles. The van der Waals surface area contributed by atoms with Crippen molar-refractivity contribution in [2.45, 2.75) is 0 Å². The Bertz CT molecular complexity index is 303. The molecular formula is C8H6FNO. The number of pyridine rings is 1. The molecule has 0 N–H and O–H groups in total. The highest BCUT2D eigenvalue weighted by Gasteiger charge is 2.01. The highest BCUT2D eigenvalue weighted by molar-refractivity contribution is 5.42. The Morgan fingerprint density at radius 3 is 3.00 bits per heavy atom.